The van der Waals surface area contributed by atoms with E-state index < -0.39 is 9.28 Å². The Morgan fingerprint density at radius 2 is 1.60 bits per heavy atom. The Bertz CT molecular complexity index is 270. The smallest absolute Gasteiger partial charge is 0.389 e. The van der Waals surface area contributed by atoms with Gasteiger partial charge >= 0.3 is 9.28 Å². The highest BCUT2D eigenvalue weighted by Crippen LogP contribution is 2.08. The van der Waals surface area contributed by atoms with Gasteiger partial charge in [-0.05, 0) is 31.5 Å². The van der Waals surface area contributed by atoms with Crippen LogP contribution in [0.3, 0.4) is 0 Å². The molecule has 0 saturated carbocycles. The first-order valence-electron chi connectivity index (χ1n) is 5.22. The molecule has 0 atom stereocenters. The van der Waals surface area contributed by atoms with Gasteiger partial charge in [0.05, 0.1) is 0 Å². The average Bonchev–Trinajstić information content (AvgIpc) is 2.22. The molecule has 0 amide bonds. The van der Waals surface area contributed by atoms with Crippen LogP contribution in [0.15, 0.2) is 24.3 Å². The van der Waals surface area contributed by atoms with Crippen molar-refractivity contribution in [3.8, 4) is 0 Å². The maximum atomic E-state index is 5.62. The number of nitrogens with two attached hydrogens (primary N) is 1. The first-order valence-corrected chi connectivity index (χ1v) is 6.74. The van der Waals surface area contributed by atoms with E-state index in [1.54, 1.807) is 0 Å². The van der Waals surface area contributed by atoms with Gasteiger partial charge in [-0.25, -0.2) is 0 Å². The van der Waals surface area contributed by atoms with E-state index in [2.05, 4.69) is 0 Å². The summed E-state index contributed by atoms with van der Waals surface area (Å²) in [6.45, 7) is 5.41. The largest absolute Gasteiger partial charge is 0.399 e. The molecule has 4 heteroatoms. The summed E-state index contributed by atoms with van der Waals surface area (Å²) in [6.07, 6.45) is 0. The third-order valence-electron chi connectivity index (χ3n) is 1.94. The SMILES string of the molecule is CCO[Si](Cc1ccc(N)cc1)OCC. The number of nitrogen functional groups attached to an aromatic ring is 1. The fraction of sp³-hybridized carbons (Fsp3) is 0.455. The molecule has 0 heterocycles. The second-order valence-corrected chi connectivity index (χ2v) is 4.83. The van der Waals surface area contributed by atoms with Crippen LogP contribution in [0.2, 0.25) is 0 Å². The molecule has 0 aliphatic heterocycles. The number of rotatable bonds is 6. The molecule has 3 nitrogen and oxygen atoms in total. The van der Waals surface area contributed by atoms with Crippen molar-refractivity contribution in [1.82, 2.24) is 0 Å². The van der Waals surface area contributed by atoms with Crippen LogP contribution in [0.1, 0.15) is 19.4 Å². The lowest BCUT2D eigenvalue weighted by Gasteiger charge is -2.13. The van der Waals surface area contributed by atoms with E-state index >= 15 is 0 Å². The second kappa shape index (κ2) is 6.61. The van der Waals surface area contributed by atoms with E-state index in [9.17, 15) is 0 Å². The monoisotopic (exact) mass is 224 g/mol. The molecule has 0 aliphatic carbocycles. The Hall–Kier alpha value is -0.843. The van der Waals surface area contributed by atoms with Gasteiger partial charge in [-0.2, -0.15) is 0 Å². The highest BCUT2D eigenvalue weighted by molar-refractivity contribution is 6.43. The zero-order valence-electron chi connectivity index (χ0n) is 9.32. The number of hydrogen-bond donors (Lipinski definition) is 1. The van der Waals surface area contributed by atoms with Crippen molar-refractivity contribution in [2.75, 3.05) is 18.9 Å². The minimum absolute atomic E-state index is 0.712. The zero-order valence-corrected chi connectivity index (χ0v) is 10.3. The van der Waals surface area contributed by atoms with E-state index in [-0.39, 0.29) is 0 Å². The van der Waals surface area contributed by atoms with Crippen molar-refractivity contribution in [3.63, 3.8) is 0 Å². The number of benzene rings is 1. The molecule has 0 aliphatic rings. The molecule has 0 spiro atoms. The van der Waals surface area contributed by atoms with Crippen LogP contribution in [-0.4, -0.2) is 22.5 Å². The molecule has 0 bridgehead atoms. The highest BCUT2D eigenvalue weighted by atomic mass is 28.3. The van der Waals surface area contributed by atoms with Crippen molar-refractivity contribution in [1.29, 1.82) is 0 Å². The van der Waals surface area contributed by atoms with Crippen molar-refractivity contribution < 1.29 is 8.85 Å². The van der Waals surface area contributed by atoms with Crippen LogP contribution >= 0.6 is 0 Å². The Kier molecular flexibility index (Phi) is 5.38. The Morgan fingerprint density at radius 3 is 2.07 bits per heavy atom. The maximum absolute atomic E-state index is 5.62. The summed E-state index contributed by atoms with van der Waals surface area (Å²) in [7, 11) is -1.15. The predicted molar refractivity (Wildman–Crippen MR) is 63.6 cm³/mol. The third kappa shape index (κ3) is 4.46. The van der Waals surface area contributed by atoms with Gasteiger partial charge in [-0.15, -0.1) is 0 Å². The molecule has 1 aromatic rings. The van der Waals surface area contributed by atoms with Crippen LogP contribution in [0.5, 0.6) is 0 Å². The predicted octanol–water partition coefficient (Wildman–Crippen LogP) is 1.91. The van der Waals surface area contributed by atoms with E-state index in [1.165, 1.54) is 5.56 Å². The lowest BCUT2D eigenvalue weighted by molar-refractivity contribution is 0.213. The summed E-state index contributed by atoms with van der Waals surface area (Å²) in [6, 6.07) is 8.74. The average molecular weight is 224 g/mol. The molecule has 2 N–H and O–H groups in total. The fourth-order valence-electron chi connectivity index (χ4n) is 1.27. The van der Waals surface area contributed by atoms with Crippen molar-refractivity contribution in [3.05, 3.63) is 29.8 Å². The maximum Gasteiger partial charge on any atom is 0.389 e. The molecule has 0 fully saturated rings. The summed E-state index contributed by atoms with van der Waals surface area (Å²) < 4.78 is 11.1. The third-order valence-corrected chi connectivity index (χ3v) is 3.86. The molecule has 1 rings (SSSR count). The summed E-state index contributed by atoms with van der Waals surface area (Å²) >= 11 is 0. The van der Waals surface area contributed by atoms with Crippen LogP contribution in [0.25, 0.3) is 0 Å². The number of hydrogen-bond acceptors (Lipinski definition) is 3. The minimum atomic E-state index is -1.15. The van der Waals surface area contributed by atoms with E-state index in [0.29, 0.717) is 13.2 Å². The molecule has 15 heavy (non-hydrogen) atoms. The number of anilines is 1. The molecule has 1 radical (unpaired) electrons. The van der Waals surface area contributed by atoms with Gasteiger partial charge in [0.25, 0.3) is 0 Å². The lowest BCUT2D eigenvalue weighted by atomic mass is 10.2. The second-order valence-electron chi connectivity index (χ2n) is 3.16. The molecular weight excluding hydrogens is 206 g/mol. The van der Waals surface area contributed by atoms with Crippen molar-refractivity contribution >= 4 is 15.0 Å². The molecule has 0 aromatic heterocycles. The zero-order chi connectivity index (χ0) is 11.1. The highest BCUT2D eigenvalue weighted by Gasteiger charge is 2.14. The van der Waals surface area contributed by atoms with E-state index in [4.69, 9.17) is 14.6 Å². The van der Waals surface area contributed by atoms with Gasteiger partial charge in [0.15, 0.2) is 0 Å². The van der Waals surface area contributed by atoms with Crippen LogP contribution < -0.4 is 5.73 Å². The van der Waals surface area contributed by atoms with Crippen LogP contribution in [0, 0.1) is 0 Å². The van der Waals surface area contributed by atoms with Crippen molar-refractivity contribution in [2.45, 2.75) is 19.9 Å². The fourth-order valence-corrected chi connectivity index (χ4v) is 2.77. The Balaban J connectivity index is 2.53. The van der Waals surface area contributed by atoms with Crippen LogP contribution in [-0.2, 0) is 14.9 Å². The van der Waals surface area contributed by atoms with Gasteiger partial charge in [0.2, 0.25) is 0 Å². The van der Waals surface area contributed by atoms with Gasteiger partial charge < -0.3 is 14.6 Å². The van der Waals surface area contributed by atoms with E-state index in [1.807, 2.05) is 38.1 Å². The molecule has 0 unspecified atom stereocenters. The van der Waals surface area contributed by atoms with Gasteiger partial charge in [-0.1, -0.05) is 12.1 Å². The topological polar surface area (TPSA) is 44.5 Å². The standard InChI is InChI=1S/C11H18NO2Si/c1-3-13-15(14-4-2)9-10-5-7-11(12)8-6-10/h5-8H,3-4,9,12H2,1-2H3. The minimum Gasteiger partial charge on any atom is -0.399 e. The summed E-state index contributed by atoms with van der Waals surface area (Å²) in [5, 5.41) is 0. The van der Waals surface area contributed by atoms with Crippen molar-refractivity contribution in [2.24, 2.45) is 0 Å². The summed E-state index contributed by atoms with van der Waals surface area (Å²) in [4.78, 5) is 0. The van der Waals surface area contributed by atoms with Gasteiger partial charge in [0.1, 0.15) is 0 Å². The first kappa shape index (κ1) is 12.2. The normalized spacial score (nSPS) is 10.9. The summed E-state index contributed by atoms with van der Waals surface area (Å²) in [5.74, 6) is 0. The molecule has 83 valence electrons. The first-order chi connectivity index (χ1) is 7.26. The quantitative estimate of drug-likeness (QED) is 0.593. The Morgan fingerprint density at radius 1 is 1.07 bits per heavy atom. The molecular formula is C11H18NO2Si. The summed E-state index contributed by atoms with van der Waals surface area (Å²) in [5.41, 5.74) is 7.63. The van der Waals surface area contributed by atoms with E-state index in [0.717, 1.165) is 11.7 Å². The van der Waals surface area contributed by atoms with Gasteiger partial charge in [-0.3, -0.25) is 0 Å². The molecule has 0 saturated heterocycles. The van der Waals surface area contributed by atoms with Gasteiger partial charge in [0, 0.05) is 24.9 Å². The Labute approximate surface area is 93.0 Å². The van der Waals surface area contributed by atoms with Crippen LogP contribution in [0.4, 0.5) is 5.69 Å². The lowest BCUT2D eigenvalue weighted by Crippen LogP contribution is -2.26. The molecule has 1 aromatic carbocycles.